The molecule has 1 aliphatic rings. The smallest absolute Gasteiger partial charge is 0.166 e. The lowest BCUT2D eigenvalue weighted by molar-refractivity contribution is 0.166. The Morgan fingerprint density at radius 2 is 1.72 bits per heavy atom. The Morgan fingerprint density at radius 1 is 0.974 bits per heavy atom. The van der Waals surface area contributed by atoms with Crippen LogP contribution in [0, 0.1) is 23.4 Å². The number of halogens is 3. The highest BCUT2D eigenvalue weighted by Crippen LogP contribution is 2.40. The summed E-state index contributed by atoms with van der Waals surface area (Å²) in [5, 5.41) is 10.2. The Hall–Kier alpha value is -3.05. The molecule has 1 saturated carbocycles. The number of hydrogen-bond acceptors (Lipinski definition) is 2. The van der Waals surface area contributed by atoms with Gasteiger partial charge in [0.25, 0.3) is 0 Å². The maximum atomic E-state index is 15.2. The summed E-state index contributed by atoms with van der Waals surface area (Å²) in [6, 6.07) is 15.6. The molecule has 1 unspecified atom stereocenters. The Kier molecular flexibility index (Phi) is 10.3. The van der Waals surface area contributed by atoms with E-state index in [-0.39, 0.29) is 23.0 Å². The molecule has 0 spiro atoms. The number of aryl methyl sites for hydroxylation is 1. The maximum Gasteiger partial charge on any atom is 0.166 e. The summed E-state index contributed by atoms with van der Waals surface area (Å²) >= 11 is 0. The van der Waals surface area contributed by atoms with Crippen LogP contribution >= 0.6 is 0 Å². The average molecular weight is 537 g/mol. The Bertz CT molecular complexity index is 1230. The first kappa shape index (κ1) is 28.9. The van der Waals surface area contributed by atoms with Crippen molar-refractivity contribution in [3.8, 4) is 16.9 Å². The van der Waals surface area contributed by atoms with Gasteiger partial charge in [0.15, 0.2) is 23.2 Å². The highest BCUT2D eigenvalue weighted by Gasteiger charge is 2.26. The molecule has 0 saturated heterocycles. The van der Waals surface area contributed by atoms with Gasteiger partial charge in [0.05, 0.1) is 12.7 Å². The van der Waals surface area contributed by atoms with E-state index in [1.165, 1.54) is 0 Å². The van der Waals surface area contributed by atoms with Crippen LogP contribution in [0.25, 0.3) is 11.1 Å². The van der Waals surface area contributed by atoms with E-state index in [9.17, 15) is 9.50 Å². The molecule has 4 rings (SSSR count). The molecule has 3 aromatic rings. The van der Waals surface area contributed by atoms with Crippen LogP contribution in [0.4, 0.5) is 13.2 Å². The van der Waals surface area contributed by atoms with Crippen molar-refractivity contribution in [1.29, 1.82) is 0 Å². The zero-order valence-electron chi connectivity index (χ0n) is 22.8. The van der Waals surface area contributed by atoms with Crippen molar-refractivity contribution < 1.29 is 23.0 Å². The number of hydrogen-bond donors (Lipinski definition) is 1. The predicted octanol–water partition coefficient (Wildman–Crippen LogP) is 9.47. The molecule has 5 heteroatoms. The lowest BCUT2D eigenvalue weighted by Crippen LogP contribution is -2.15. The molecule has 1 fully saturated rings. The van der Waals surface area contributed by atoms with Crippen LogP contribution in [0.1, 0.15) is 87.0 Å². The van der Waals surface area contributed by atoms with Crippen LogP contribution in [-0.2, 0) is 6.42 Å². The second-order valence-corrected chi connectivity index (χ2v) is 10.7. The lowest BCUT2D eigenvalue weighted by Gasteiger charge is -2.29. The molecule has 0 bridgehead atoms. The molecule has 1 aliphatic carbocycles. The summed E-state index contributed by atoms with van der Waals surface area (Å²) < 4.78 is 50.1. The number of benzene rings is 3. The van der Waals surface area contributed by atoms with Crippen molar-refractivity contribution >= 4 is 0 Å². The molecule has 1 N–H and O–H groups in total. The topological polar surface area (TPSA) is 29.5 Å². The summed E-state index contributed by atoms with van der Waals surface area (Å²) in [5.74, 6) is -1.15. The largest absolute Gasteiger partial charge is 0.490 e. The van der Waals surface area contributed by atoms with Gasteiger partial charge in [-0.15, -0.1) is 6.58 Å². The molecule has 0 aromatic heterocycles. The van der Waals surface area contributed by atoms with Gasteiger partial charge >= 0.3 is 0 Å². The molecule has 0 amide bonds. The predicted molar refractivity (Wildman–Crippen MR) is 151 cm³/mol. The van der Waals surface area contributed by atoms with Gasteiger partial charge in [0.1, 0.15) is 0 Å². The quantitative estimate of drug-likeness (QED) is 0.184. The van der Waals surface area contributed by atoms with E-state index in [1.54, 1.807) is 54.6 Å². The fourth-order valence-corrected chi connectivity index (χ4v) is 5.63. The molecule has 0 radical (unpaired) electrons. The van der Waals surface area contributed by atoms with Gasteiger partial charge in [0.2, 0.25) is 0 Å². The summed E-state index contributed by atoms with van der Waals surface area (Å²) in [6.07, 6.45) is 8.64. The van der Waals surface area contributed by atoms with Crippen molar-refractivity contribution in [1.82, 2.24) is 0 Å². The van der Waals surface area contributed by atoms with Gasteiger partial charge in [-0.2, -0.15) is 0 Å². The molecule has 3 aromatic carbocycles. The minimum Gasteiger partial charge on any atom is -0.490 e. The average Bonchev–Trinajstić information content (AvgIpc) is 2.95. The van der Waals surface area contributed by atoms with Crippen LogP contribution in [0.2, 0.25) is 0 Å². The van der Waals surface area contributed by atoms with Crippen LogP contribution < -0.4 is 4.74 Å². The molecular formula is C34H39F3O2. The number of ether oxygens (including phenoxy) is 1. The van der Waals surface area contributed by atoms with E-state index in [4.69, 9.17) is 4.74 Å². The minimum atomic E-state index is -0.810. The zero-order valence-corrected chi connectivity index (χ0v) is 22.8. The maximum absolute atomic E-state index is 15.2. The van der Waals surface area contributed by atoms with E-state index in [2.05, 4.69) is 6.58 Å². The molecule has 39 heavy (non-hydrogen) atoms. The molecule has 1 atom stereocenters. The molecule has 208 valence electrons. The van der Waals surface area contributed by atoms with Crippen molar-refractivity contribution in [2.24, 2.45) is 5.92 Å². The minimum absolute atomic E-state index is 0.000749. The van der Waals surface area contributed by atoms with Gasteiger partial charge < -0.3 is 9.84 Å². The third-order valence-corrected chi connectivity index (χ3v) is 7.98. The molecule has 0 aliphatic heterocycles. The highest BCUT2D eigenvalue weighted by molar-refractivity contribution is 5.65. The summed E-state index contributed by atoms with van der Waals surface area (Å²) in [6.45, 7) is 6.06. The van der Waals surface area contributed by atoms with Crippen molar-refractivity contribution in [2.45, 2.75) is 76.7 Å². The Balaban J connectivity index is 1.32. The monoisotopic (exact) mass is 536 g/mol. The number of rotatable bonds is 12. The second kappa shape index (κ2) is 13.8. The summed E-state index contributed by atoms with van der Waals surface area (Å²) in [4.78, 5) is 0. The standard InChI is InChI=1S/C34H39F3O2/c1-3-5-21-39-32-20-11-24(22-30(32)35)8-7-23-9-12-25(13-10-23)28-18-19-29(34(37)33(28)36)26-14-16-27(17-15-26)31(38)6-4-2/h3,11,14-20,22-23,25,31,38H,1,4-10,12-13,21H2,2H3. The summed E-state index contributed by atoms with van der Waals surface area (Å²) in [5.41, 5.74) is 3.03. The highest BCUT2D eigenvalue weighted by atomic mass is 19.2. The number of aliphatic hydroxyl groups excluding tert-OH is 1. The molecule has 2 nitrogen and oxygen atoms in total. The van der Waals surface area contributed by atoms with Crippen molar-refractivity contribution in [3.63, 3.8) is 0 Å². The normalized spacial score (nSPS) is 18.1. The van der Waals surface area contributed by atoms with Crippen LogP contribution in [0.3, 0.4) is 0 Å². The van der Waals surface area contributed by atoms with Gasteiger partial charge in [-0.1, -0.05) is 61.9 Å². The fraction of sp³-hybridized carbons (Fsp3) is 0.412. The van der Waals surface area contributed by atoms with Crippen LogP contribution in [0.15, 0.2) is 67.3 Å². The Labute approximate surface area is 230 Å². The van der Waals surface area contributed by atoms with E-state index >= 15 is 8.78 Å². The number of aliphatic hydroxyl groups is 1. The molecule has 0 heterocycles. The fourth-order valence-electron chi connectivity index (χ4n) is 5.63. The van der Waals surface area contributed by atoms with Crippen LogP contribution in [0.5, 0.6) is 5.75 Å². The van der Waals surface area contributed by atoms with Crippen molar-refractivity contribution in [3.05, 3.63) is 101 Å². The lowest BCUT2D eigenvalue weighted by atomic mass is 9.76. The SMILES string of the molecule is C=CCCOc1ccc(CCC2CCC(c3ccc(-c4ccc(C(O)CCC)cc4)c(F)c3F)CC2)cc1F. The van der Waals surface area contributed by atoms with Gasteiger partial charge in [0, 0.05) is 5.56 Å². The third kappa shape index (κ3) is 7.33. The van der Waals surface area contributed by atoms with Gasteiger partial charge in [-0.05, 0) is 97.6 Å². The van der Waals surface area contributed by atoms with E-state index in [0.717, 1.165) is 56.1 Å². The first-order valence-corrected chi connectivity index (χ1v) is 14.2. The second-order valence-electron chi connectivity index (χ2n) is 10.7. The third-order valence-electron chi connectivity index (χ3n) is 7.98. The van der Waals surface area contributed by atoms with E-state index in [1.807, 2.05) is 13.0 Å². The van der Waals surface area contributed by atoms with E-state index < -0.39 is 17.7 Å². The first-order valence-electron chi connectivity index (χ1n) is 14.2. The van der Waals surface area contributed by atoms with Gasteiger partial charge in [-0.25, -0.2) is 13.2 Å². The van der Waals surface area contributed by atoms with Gasteiger partial charge in [-0.3, -0.25) is 0 Å². The van der Waals surface area contributed by atoms with Crippen LogP contribution in [-0.4, -0.2) is 11.7 Å². The van der Waals surface area contributed by atoms with Crippen molar-refractivity contribution in [2.75, 3.05) is 6.61 Å². The zero-order chi connectivity index (χ0) is 27.8. The summed E-state index contributed by atoms with van der Waals surface area (Å²) in [7, 11) is 0. The first-order chi connectivity index (χ1) is 18.9. The molecular weight excluding hydrogens is 497 g/mol. The van der Waals surface area contributed by atoms with E-state index in [0.29, 0.717) is 36.5 Å². The Morgan fingerprint density at radius 3 is 2.38 bits per heavy atom.